The minimum Gasteiger partial charge on any atom is -0.368 e. The fourth-order valence-corrected chi connectivity index (χ4v) is 3.87. The molecule has 0 N–H and O–H groups in total. The lowest BCUT2D eigenvalue weighted by Gasteiger charge is -2.37. The summed E-state index contributed by atoms with van der Waals surface area (Å²) in [6.07, 6.45) is 0. The monoisotopic (exact) mass is 387 g/mol. The van der Waals surface area contributed by atoms with E-state index in [-0.39, 0.29) is 0 Å². The number of hydrogen-bond acceptors (Lipinski definition) is 5. The molecular weight excluding hydrogens is 358 g/mol. The highest BCUT2D eigenvalue weighted by Crippen LogP contribution is 2.27. The van der Waals surface area contributed by atoms with Crippen molar-refractivity contribution in [2.75, 3.05) is 47.9 Å². The fraction of sp³-hybridized carbons (Fsp3) is 0.333. The third kappa shape index (κ3) is 4.04. The summed E-state index contributed by atoms with van der Waals surface area (Å²) < 4.78 is 0. The predicted octanol–water partition coefficient (Wildman–Crippen LogP) is 4.50. The number of rotatable bonds is 4. The quantitative estimate of drug-likeness (QED) is 0.659. The highest BCUT2D eigenvalue weighted by atomic mass is 15.3. The molecule has 4 rings (SSSR count). The lowest BCUT2D eigenvalue weighted by molar-refractivity contribution is 0.645. The molecule has 1 aliphatic heterocycles. The van der Waals surface area contributed by atoms with Crippen molar-refractivity contribution in [3.63, 3.8) is 0 Å². The van der Waals surface area contributed by atoms with Crippen molar-refractivity contribution < 1.29 is 0 Å². The molecule has 150 valence electrons. The van der Waals surface area contributed by atoms with E-state index in [1.165, 1.54) is 16.8 Å². The molecule has 5 heteroatoms. The summed E-state index contributed by atoms with van der Waals surface area (Å²) in [5.74, 6) is 1.75. The molecule has 0 amide bonds. The van der Waals surface area contributed by atoms with Crippen molar-refractivity contribution >= 4 is 23.1 Å². The van der Waals surface area contributed by atoms with Gasteiger partial charge in [0.15, 0.2) is 0 Å². The van der Waals surface area contributed by atoms with Crippen molar-refractivity contribution in [3.05, 3.63) is 71.4 Å². The second kappa shape index (κ2) is 8.11. The summed E-state index contributed by atoms with van der Waals surface area (Å²) in [5.41, 5.74) is 6.16. The number of para-hydroxylation sites is 1. The molecule has 3 aromatic rings. The molecule has 0 unspecified atom stereocenters. The zero-order chi connectivity index (χ0) is 20.4. The molecule has 0 aliphatic carbocycles. The summed E-state index contributed by atoms with van der Waals surface area (Å²) in [5, 5.41) is 0. The number of hydrogen-bond donors (Lipinski definition) is 0. The van der Waals surface area contributed by atoms with Crippen LogP contribution in [0.4, 0.5) is 23.1 Å². The molecule has 0 bridgehead atoms. The van der Waals surface area contributed by atoms with Gasteiger partial charge in [0.25, 0.3) is 0 Å². The number of aryl methyl sites for hydroxylation is 2. The van der Waals surface area contributed by atoms with Crippen molar-refractivity contribution in [2.45, 2.75) is 20.8 Å². The molecular formula is C24H29N5. The molecule has 2 heterocycles. The van der Waals surface area contributed by atoms with Crippen molar-refractivity contribution in [3.8, 4) is 0 Å². The summed E-state index contributed by atoms with van der Waals surface area (Å²) in [4.78, 5) is 16.5. The molecule has 1 aliphatic rings. The zero-order valence-corrected chi connectivity index (χ0v) is 17.8. The van der Waals surface area contributed by atoms with Gasteiger partial charge in [-0.25, -0.2) is 4.98 Å². The summed E-state index contributed by atoms with van der Waals surface area (Å²) in [6.45, 7) is 10.4. The largest absolute Gasteiger partial charge is 0.368 e. The molecule has 1 fully saturated rings. The van der Waals surface area contributed by atoms with E-state index in [1.54, 1.807) is 0 Å². The van der Waals surface area contributed by atoms with Crippen LogP contribution in [0.2, 0.25) is 0 Å². The molecule has 5 nitrogen and oxygen atoms in total. The number of benzene rings is 2. The Balaban J connectivity index is 1.51. The first-order chi connectivity index (χ1) is 14.0. The van der Waals surface area contributed by atoms with E-state index in [9.17, 15) is 0 Å². The maximum Gasteiger partial charge on any atom is 0.231 e. The second-order valence-corrected chi connectivity index (χ2v) is 7.76. The van der Waals surface area contributed by atoms with E-state index in [2.05, 4.69) is 65.0 Å². The van der Waals surface area contributed by atoms with Crippen LogP contribution >= 0.6 is 0 Å². The van der Waals surface area contributed by atoms with Gasteiger partial charge in [-0.1, -0.05) is 30.3 Å². The SMILES string of the molecule is Cc1cc(N2CCN(c3cccc(C)c3C)CC2)nc(N(C)c2ccccc2)n1. The van der Waals surface area contributed by atoms with Gasteiger partial charge in [0, 0.05) is 56.4 Å². The van der Waals surface area contributed by atoms with Gasteiger partial charge in [0.1, 0.15) is 5.82 Å². The van der Waals surface area contributed by atoms with E-state index >= 15 is 0 Å². The van der Waals surface area contributed by atoms with Gasteiger partial charge in [0.2, 0.25) is 5.95 Å². The maximum absolute atomic E-state index is 4.89. The number of nitrogens with zero attached hydrogens (tertiary/aromatic N) is 5. The topological polar surface area (TPSA) is 35.5 Å². The molecule has 1 aromatic heterocycles. The minimum atomic E-state index is 0.739. The van der Waals surface area contributed by atoms with Crippen LogP contribution < -0.4 is 14.7 Å². The average molecular weight is 388 g/mol. The molecule has 0 atom stereocenters. The maximum atomic E-state index is 4.89. The van der Waals surface area contributed by atoms with Crippen molar-refractivity contribution in [1.29, 1.82) is 0 Å². The van der Waals surface area contributed by atoms with E-state index in [4.69, 9.17) is 4.98 Å². The van der Waals surface area contributed by atoms with E-state index in [0.717, 1.165) is 49.3 Å². The molecule has 0 radical (unpaired) electrons. The van der Waals surface area contributed by atoms with Gasteiger partial charge in [-0.05, 0) is 50.1 Å². The van der Waals surface area contributed by atoms with Crippen LogP contribution in [0.3, 0.4) is 0 Å². The second-order valence-electron chi connectivity index (χ2n) is 7.76. The standard InChI is InChI=1S/C24H29N5/c1-18-9-8-12-22(20(18)3)28-13-15-29(16-14-28)23-17-19(2)25-24(26-23)27(4)21-10-6-5-7-11-21/h5-12,17H,13-16H2,1-4H3. The third-order valence-electron chi connectivity index (χ3n) is 5.79. The highest BCUT2D eigenvalue weighted by Gasteiger charge is 2.21. The lowest BCUT2D eigenvalue weighted by Crippen LogP contribution is -2.47. The van der Waals surface area contributed by atoms with Crippen molar-refractivity contribution in [2.24, 2.45) is 0 Å². The van der Waals surface area contributed by atoms with Crippen LogP contribution in [-0.4, -0.2) is 43.2 Å². The Morgan fingerprint density at radius 3 is 2.21 bits per heavy atom. The highest BCUT2D eigenvalue weighted by molar-refractivity contribution is 5.60. The first-order valence-electron chi connectivity index (χ1n) is 10.2. The Hall–Kier alpha value is -3.08. The molecule has 2 aromatic carbocycles. The molecule has 1 saturated heterocycles. The Kier molecular flexibility index (Phi) is 5.38. The Labute approximate surface area is 173 Å². The van der Waals surface area contributed by atoms with Crippen LogP contribution in [-0.2, 0) is 0 Å². The Bertz CT molecular complexity index is 978. The molecule has 29 heavy (non-hydrogen) atoms. The van der Waals surface area contributed by atoms with E-state index < -0.39 is 0 Å². The minimum absolute atomic E-state index is 0.739. The van der Waals surface area contributed by atoms with Crippen LogP contribution in [0.1, 0.15) is 16.8 Å². The number of aromatic nitrogens is 2. The molecule has 0 spiro atoms. The molecule has 0 saturated carbocycles. The normalized spacial score (nSPS) is 14.2. The zero-order valence-electron chi connectivity index (χ0n) is 17.8. The van der Waals surface area contributed by atoms with E-state index in [0.29, 0.717) is 0 Å². The smallest absolute Gasteiger partial charge is 0.231 e. The fourth-order valence-electron chi connectivity index (χ4n) is 3.87. The van der Waals surface area contributed by atoms with E-state index in [1.807, 2.05) is 37.1 Å². The van der Waals surface area contributed by atoms with Gasteiger partial charge in [0.05, 0.1) is 0 Å². The average Bonchev–Trinajstić information content (AvgIpc) is 2.75. The summed E-state index contributed by atoms with van der Waals surface area (Å²) >= 11 is 0. The Morgan fingerprint density at radius 2 is 1.48 bits per heavy atom. The first-order valence-corrected chi connectivity index (χ1v) is 10.2. The van der Waals surface area contributed by atoms with Crippen LogP contribution in [0.15, 0.2) is 54.6 Å². The number of anilines is 4. The summed E-state index contributed by atoms with van der Waals surface area (Å²) in [7, 11) is 2.02. The third-order valence-corrected chi connectivity index (χ3v) is 5.79. The lowest BCUT2D eigenvalue weighted by atomic mass is 10.1. The van der Waals surface area contributed by atoms with Gasteiger partial charge in [-0.3, -0.25) is 0 Å². The van der Waals surface area contributed by atoms with Crippen molar-refractivity contribution in [1.82, 2.24) is 9.97 Å². The predicted molar refractivity (Wildman–Crippen MR) is 122 cm³/mol. The van der Waals surface area contributed by atoms with Gasteiger partial charge in [-0.15, -0.1) is 0 Å². The van der Waals surface area contributed by atoms with Gasteiger partial charge < -0.3 is 14.7 Å². The van der Waals surface area contributed by atoms with Gasteiger partial charge >= 0.3 is 0 Å². The van der Waals surface area contributed by atoms with Crippen LogP contribution in [0.5, 0.6) is 0 Å². The Morgan fingerprint density at radius 1 is 0.793 bits per heavy atom. The first kappa shape index (κ1) is 19.2. The van der Waals surface area contributed by atoms with Crippen LogP contribution in [0.25, 0.3) is 0 Å². The summed E-state index contributed by atoms with van der Waals surface area (Å²) in [6, 6.07) is 18.9. The van der Waals surface area contributed by atoms with Gasteiger partial charge in [-0.2, -0.15) is 4.98 Å². The van der Waals surface area contributed by atoms with Crippen LogP contribution in [0, 0.1) is 20.8 Å². The number of piperazine rings is 1.